The summed E-state index contributed by atoms with van der Waals surface area (Å²) in [5.41, 5.74) is 1.18. The second kappa shape index (κ2) is 9.54. The normalized spacial score (nSPS) is 13.9. The van der Waals surface area contributed by atoms with Crippen LogP contribution in [0.5, 0.6) is 0 Å². The number of benzene rings is 2. The van der Waals surface area contributed by atoms with Crippen LogP contribution < -0.4 is 5.32 Å². The molecule has 8 heteroatoms. The van der Waals surface area contributed by atoms with E-state index in [2.05, 4.69) is 5.32 Å². The van der Waals surface area contributed by atoms with E-state index in [1.54, 1.807) is 12.1 Å². The standard InChI is InChI=1S/C21H22ClNO6/c1-21(12-24,20(28)29)11-17(23-18(25)19(26)27)10-13-2-4-14(5-3-13)15-6-8-16(22)9-7-15/h2-9,17,24H,10-12H2,1H3,(H,23,25)(H,26,27)(H,28,29)/t17-,21-/m1/s1. The highest BCUT2D eigenvalue weighted by molar-refractivity contribution is 6.31. The third-order valence-corrected chi connectivity index (χ3v) is 4.96. The molecule has 0 aliphatic carbocycles. The molecule has 0 unspecified atom stereocenters. The number of carboxylic acids is 2. The number of nitrogens with one attached hydrogen (secondary N) is 1. The lowest BCUT2D eigenvalue weighted by Gasteiger charge is -2.28. The fourth-order valence-electron chi connectivity index (χ4n) is 2.94. The van der Waals surface area contributed by atoms with E-state index >= 15 is 0 Å². The predicted molar refractivity (Wildman–Crippen MR) is 108 cm³/mol. The van der Waals surface area contributed by atoms with Gasteiger partial charge >= 0.3 is 17.8 Å². The van der Waals surface area contributed by atoms with Crippen molar-refractivity contribution in [3.05, 3.63) is 59.1 Å². The molecular formula is C21H22ClNO6. The Morgan fingerprint density at radius 1 is 1.00 bits per heavy atom. The van der Waals surface area contributed by atoms with Gasteiger partial charge in [0.25, 0.3) is 0 Å². The maximum atomic E-state index is 11.6. The molecule has 0 radical (unpaired) electrons. The number of hydrogen-bond acceptors (Lipinski definition) is 4. The van der Waals surface area contributed by atoms with Gasteiger partial charge in [-0.15, -0.1) is 0 Å². The second-order valence-electron chi connectivity index (χ2n) is 7.11. The molecule has 29 heavy (non-hydrogen) atoms. The summed E-state index contributed by atoms with van der Waals surface area (Å²) in [6, 6.07) is 13.9. The highest BCUT2D eigenvalue weighted by Gasteiger charge is 2.36. The Balaban J connectivity index is 2.20. The van der Waals surface area contributed by atoms with Crippen molar-refractivity contribution >= 4 is 29.4 Å². The van der Waals surface area contributed by atoms with Gasteiger partial charge in [0.2, 0.25) is 0 Å². The molecule has 0 saturated carbocycles. The minimum absolute atomic E-state index is 0.128. The van der Waals surface area contributed by atoms with Crippen molar-refractivity contribution in [3.63, 3.8) is 0 Å². The van der Waals surface area contributed by atoms with Gasteiger partial charge in [-0.2, -0.15) is 0 Å². The molecule has 1 amide bonds. The Bertz CT molecular complexity index is 881. The van der Waals surface area contributed by atoms with Crippen LogP contribution in [0.2, 0.25) is 5.02 Å². The predicted octanol–water partition coefficient (Wildman–Crippen LogP) is 2.59. The number of amides is 1. The van der Waals surface area contributed by atoms with E-state index in [9.17, 15) is 24.6 Å². The summed E-state index contributed by atoms with van der Waals surface area (Å²) >= 11 is 5.90. The van der Waals surface area contributed by atoms with Crippen molar-refractivity contribution in [1.82, 2.24) is 5.32 Å². The van der Waals surface area contributed by atoms with Crippen LogP contribution in [-0.2, 0) is 20.8 Å². The van der Waals surface area contributed by atoms with Crippen LogP contribution in [-0.4, -0.2) is 45.8 Å². The van der Waals surface area contributed by atoms with Gasteiger partial charge in [0.05, 0.1) is 12.0 Å². The minimum atomic E-state index is -1.66. The van der Waals surface area contributed by atoms with Crippen LogP contribution in [0, 0.1) is 5.41 Å². The molecule has 0 spiro atoms. The Morgan fingerprint density at radius 2 is 1.52 bits per heavy atom. The third kappa shape index (κ3) is 6.04. The molecule has 154 valence electrons. The molecule has 2 aromatic rings. The maximum absolute atomic E-state index is 11.6. The Morgan fingerprint density at radius 3 is 1.97 bits per heavy atom. The first kappa shape index (κ1) is 22.4. The summed E-state index contributed by atoms with van der Waals surface area (Å²) in [6.07, 6.45) is 0.0829. The molecule has 4 N–H and O–H groups in total. The SMILES string of the molecule is C[C@](CO)(C[C@@H](Cc1ccc(-c2ccc(Cl)cc2)cc1)NC(=O)C(=O)O)C(=O)O. The fourth-order valence-corrected chi connectivity index (χ4v) is 3.07. The van der Waals surface area contributed by atoms with Crippen molar-refractivity contribution in [2.75, 3.05) is 6.61 Å². The second-order valence-corrected chi connectivity index (χ2v) is 7.55. The topological polar surface area (TPSA) is 124 Å². The molecule has 2 atom stereocenters. The maximum Gasteiger partial charge on any atom is 0.394 e. The zero-order chi connectivity index (χ0) is 21.6. The van der Waals surface area contributed by atoms with Crippen LogP contribution >= 0.6 is 11.6 Å². The summed E-state index contributed by atoms with van der Waals surface area (Å²) < 4.78 is 0. The third-order valence-electron chi connectivity index (χ3n) is 4.71. The molecule has 0 aliphatic rings. The van der Waals surface area contributed by atoms with Gasteiger partial charge in [0, 0.05) is 11.1 Å². The summed E-state index contributed by atoms with van der Waals surface area (Å²) in [5, 5.41) is 30.7. The van der Waals surface area contributed by atoms with Crippen molar-refractivity contribution in [2.24, 2.45) is 5.41 Å². The van der Waals surface area contributed by atoms with Crippen molar-refractivity contribution < 1.29 is 29.7 Å². The number of halogens is 1. The summed E-state index contributed by atoms with van der Waals surface area (Å²) in [6.45, 7) is 0.705. The smallest absolute Gasteiger partial charge is 0.394 e. The first-order valence-electron chi connectivity index (χ1n) is 8.87. The quantitative estimate of drug-likeness (QED) is 0.487. The van der Waals surface area contributed by atoms with Crippen LogP contribution in [0.3, 0.4) is 0 Å². The van der Waals surface area contributed by atoms with E-state index in [-0.39, 0.29) is 12.8 Å². The molecular weight excluding hydrogens is 398 g/mol. The monoisotopic (exact) mass is 419 g/mol. The zero-order valence-electron chi connectivity index (χ0n) is 15.8. The number of aliphatic hydroxyl groups excluding tert-OH is 1. The van der Waals surface area contributed by atoms with Gasteiger partial charge in [0.1, 0.15) is 0 Å². The van der Waals surface area contributed by atoms with Crippen molar-refractivity contribution in [1.29, 1.82) is 0 Å². The molecule has 2 aromatic carbocycles. The van der Waals surface area contributed by atoms with Gasteiger partial charge in [-0.1, -0.05) is 48.0 Å². The zero-order valence-corrected chi connectivity index (χ0v) is 16.5. The van der Waals surface area contributed by atoms with E-state index in [1.165, 1.54) is 6.92 Å². The molecule has 0 aliphatic heterocycles. The van der Waals surface area contributed by atoms with E-state index in [0.717, 1.165) is 16.7 Å². The first-order chi connectivity index (χ1) is 13.6. The van der Waals surface area contributed by atoms with Gasteiger partial charge in [0.15, 0.2) is 0 Å². The molecule has 0 aromatic heterocycles. The largest absolute Gasteiger partial charge is 0.481 e. The van der Waals surface area contributed by atoms with E-state index in [4.69, 9.17) is 16.7 Å². The number of carboxylic acid groups (broad SMARTS) is 2. The average molecular weight is 420 g/mol. The molecule has 0 saturated heterocycles. The number of carbonyl (C=O) groups is 3. The molecule has 7 nitrogen and oxygen atoms in total. The Hall–Kier alpha value is -2.90. The molecule has 0 bridgehead atoms. The highest BCUT2D eigenvalue weighted by Crippen LogP contribution is 2.26. The summed E-state index contributed by atoms with van der Waals surface area (Å²) in [4.78, 5) is 34.0. The Labute approximate surface area is 172 Å². The average Bonchev–Trinajstić information content (AvgIpc) is 2.68. The number of aliphatic carboxylic acids is 2. The summed E-state index contributed by atoms with van der Waals surface area (Å²) in [7, 11) is 0. The Kier molecular flexibility index (Phi) is 7.36. The van der Waals surface area contributed by atoms with Gasteiger partial charge in [-0.25, -0.2) is 4.79 Å². The fraction of sp³-hybridized carbons (Fsp3) is 0.286. The number of rotatable bonds is 8. The summed E-state index contributed by atoms with van der Waals surface area (Å²) in [5.74, 6) is -4.11. The van der Waals surface area contributed by atoms with Crippen LogP contribution in [0.1, 0.15) is 18.9 Å². The number of carbonyl (C=O) groups excluding carboxylic acids is 1. The van der Waals surface area contributed by atoms with Crippen LogP contribution in [0.4, 0.5) is 0 Å². The molecule has 0 heterocycles. The molecule has 0 fully saturated rings. The highest BCUT2D eigenvalue weighted by atomic mass is 35.5. The van der Waals surface area contributed by atoms with E-state index < -0.39 is 35.9 Å². The number of hydrogen-bond donors (Lipinski definition) is 4. The minimum Gasteiger partial charge on any atom is -0.481 e. The van der Waals surface area contributed by atoms with Gasteiger partial charge in [-0.3, -0.25) is 9.59 Å². The lowest BCUT2D eigenvalue weighted by molar-refractivity contribution is -0.152. The van der Waals surface area contributed by atoms with Crippen LogP contribution in [0.15, 0.2) is 48.5 Å². The van der Waals surface area contributed by atoms with Crippen molar-refractivity contribution in [3.8, 4) is 11.1 Å². The van der Waals surface area contributed by atoms with Crippen molar-refractivity contribution in [2.45, 2.75) is 25.8 Å². The number of aliphatic hydroxyl groups is 1. The van der Waals surface area contributed by atoms with E-state index in [1.807, 2.05) is 36.4 Å². The lowest BCUT2D eigenvalue weighted by atomic mass is 9.82. The first-order valence-corrected chi connectivity index (χ1v) is 9.25. The van der Waals surface area contributed by atoms with E-state index in [0.29, 0.717) is 5.02 Å². The van der Waals surface area contributed by atoms with Gasteiger partial charge in [-0.05, 0) is 48.6 Å². The van der Waals surface area contributed by atoms with Gasteiger partial charge < -0.3 is 20.6 Å². The lowest BCUT2D eigenvalue weighted by Crippen LogP contribution is -2.46. The van der Waals surface area contributed by atoms with Crippen LogP contribution in [0.25, 0.3) is 11.1 Å². The molecule has 2 rings (SSSR count).